The summed E-state index contributed by atoms with van der Waals surface area (Å²) in [7, 11) is 0. The summed E-state index contributed by atoms with van der Waals surface area (Å²) in [4.78, 5) is 23.6. The highest BCUT2D eigenvalue weighted by Crippen LogP contribution is 2.37. The fraction of sp³-hybridized carbons (Fsp3) is 0.143. The fourth-order valence-corrected chi connectivity index (χ4v) is 2.99. The summed E-state index contributed by atoms with van der Waals surface area (Å²) in [5.74, 6) is 2.41. The molecule has 4 heteroatoms. The van der Waals surface area contributed by atoms with Crippen LogP contribution in [0.4, 0.5) is 0 Å². The minimum Gasteiger partial charge on any atom is -0.478 e. The zero-order valence-corrected chi connectivity index (χ0v) is 13.8. The summed E-state index contributed by atoms with van der Waals surface area (Å²) in [6.07, 6.45) is 10.9. The Bertz CT molecular complexity index is 875. The van der Waals surface area contributed by atoms with Gasteiger partial charge in [-0.1, -0.05) is 50.0 Å². The first-order valence-electron chi connectivity index (χ1n) is 7.42. The minimum atomic E-state index is -1.17. The Hall–Kier alpha value is -3.50. The van der Waals surface area contributed by atoms with Crippen LogP contribution in [0.25, 0.3) is 0 Å². The predicted molar refractivity (Wildman–Crippen MR) is 94.8 cm³/mol. The van der Waals surface area contributed by atoms with Crippen LogP contribution in [0.5, 0.6) is 0 Å². The molecule has 2 aromatic rings. The van der Waals surface area contributed by atoms with Crippen LogP contribution in [-0.2, 0) is 5.41 Å². The first-order valence-corrected chi connectivity index (χ1v) is 7.42. The summed E-state index contributed by atoms with van der Waals surface area (Å²) in [6.45, 7) is 3.49. The summed E-state index contributed by atoms with van der Waals surface area (Å²) < 4.78 is 0. The molecule has 0 spiro atoms. The molecule has 0 amide bonds. The van der Waals surface area contributed by atoms with Crippen molar-refractivity contribution in [2.75, 3.05) is 0 Å². The van der Waals surface area contributed by atoms with Gasteiger partial charge in [0.15, 0.2) is 0 Å². The van der Waals surface area contributed by atoms with Gasteiger partial charge in [-0.15, -0.1) is 12.8 Å². The van der Waals surface area contributed by atoms with Gasteiger partial charge >= 0.3 is 11.9 Å². The maximum atomic E-state index is 11.8. The molecule has 0 saturated carbocycles. The van der Waals surface area contributed by atoms with Gasteiger partial charge in [0.1, 0.15) is 0 Å². The highest BCUT2D eigenvalue weighted by atomic mass is 16.4. The van der Waals surface area contributed by atoms with E-state index in [0.717, 1.165) is 0 Å². The topological polar surface area (TPSA) is 74.6 Å². The highest BCUT2D eigenvalue weighted by molar-refractivity contribution is 5.95. The zero-order chi connectivity index (χ0) is 18.8. The average molecular weight is 332 g/mol. The van der Waals surface area contributed by atoms with Gasteiger partial charge in [0.05, 0.1) is 11.1 Å². The quantitative estimate of drug-likeness (QED) is 0.842. The molecular formula is C21H16O4. The number of rotatable bonds is 4. The molecule has 0 fully saturated rings. The normalized spacial score (nSPS) is 10.6. The summed E-state index contributed by atoms with van der Waals surface area (Å²) in [5.41, 5.74) is 0.349. The zero-order valence-electron chi connectivity index (χ0n) is 13.8. The Morgan fingerprint density at radius 2 is 1.20 bits per heavy atom. The van der Waals surface area contributed by atoms with Gasteiger partial charge in [0.25, 0.3) is 0 Å². The van der Waals surface area contributed by atoms with Gasteiger partial charge in [-0.05, 0) is 23.3 Å². The molecule has 0 aliphatic carbocycles. The summed E-state index contributed by atoms with van der Waals surface area (Å²) >= 11 is 0. The predicted octanol–water partition coefficient (Wildman–Crippen LogP) is 3.37. The standard InChI is InChI=1S/C21H16O4/c1-5-13-9-7-11-15(17(13)19(22)23)21(3,4)16-12-8-10-14(6-2)18(16)20(24)25/h1-2,7-12H,3-4H3,(H,22,23)(H,24,25). The van der Waals surface area contributed by atoms with E-state index in [-0.39, 0.29) is 22.3 Å². The number of aromatic carboxylic acids is 2. The van der Waals surface area contributed by atoms with E-state index in [9.17, 15) is 19.8 Å². The average Bonchev–Trinajstić information content (AvgIpc) is 2.59. The SMILES string of the molecule is C#Cc1cccc(C(C)(C)c2cccc(C#C)c2C(=O)O)c1C(=O)O. The van der Waals surface area contributed by atoms with Crippen LogP contribution in [0, 0.1) is 24.7 Å². The maximum Gasteiger partial charge on any atom is 0.337 e. The Kier molecular flexibility index (Phi) is 4.68. The van der Waals surface area contributed by atoms with Crippen molar-refractivity contribution in [2.45, 2.75) is 19.3 Å². The smallest absolute Gasteiger partial charge is 0.337 e. The first-order chi connectivity index (χ1) is 11.8. The molecule has 0 bridgehead atoms. The molecule has 0 heterocycles. The summed E-state index contributed by atoms with van der Waals surface area (Å²) in [6, 6.07) is 9.67. The molecule has 0 aliphatic rings. The molecule has 0 aliphatic heterocycles. The first kappa shape index (κ1) is 17.8. The van der Waals surface area contributed by atoms with Crippen molar-refractivity contribution in [2.24, 2.45) is 0 Å². The number of carboxylic acids is 2. The van der Waals surface area contributed by atoms with E-state index in [2.05, 4.69) is 11.8 Å². The number of hydrogen-bond acceptors (Lipinski definition) is 2. The van der Waals surface area contributed by atoms with Crippen molar-refractivity contribution in [3.05, 3.63) is 69.8 Å². The molecule has 0 saturated heterocycles. The largest absolute Gasteiger partial charge is 0.478 e. The van der Waals surface area contributed by atoms with Gasteiger partial charge in [0.2, 0.25) is 0 Å². The van der Waals surface area contributed by atoms with Crippen molar-refractivity contribution in [3.8, 4) is 24.7 Å². The fourth-order valence-electron chi connectivity index (χ4n) is 2.99. The molecule has 0 aromatic heterocycles. The van der Waals surface area contributed by atoms with Gasteiger partial charge in [-0.2, -0.15) is 0 Å². The number of terminal acetylenes is 2. The lowest BCUT2D eigenvalue weighted by molar-refractivity contribution is 0.0686. The summed E-state index contributed by atoms with van der Waals surface area (Å²) in [5, 5.41) is 19.2. The maximum absolute atomic E-state index is 11.8. The molecule has 124 valence electrons. The number of carboxylic acid groups (broad SMARTS) is 2. The van der Waals surface area contributed by atoms with Crippen molar-refractivity contribution < 1.29 is 19.8 Å². The molecule has 2 rings (SSSR count). The van der Waals surface area contributed by atoms with Crippen LogP contribution in [0.3, 0.4) is 0 Å². The van der Waals surface area contributed by atoms with Gasteiger partial charge in [-0.25, -0.2) is 9.59 Å². The number of hydrogen-bond donors (Lipinski definition) is 2. The Morgan fingerprint density at radius 1 is 0.840 bits per heavy atom. The second-order valence-electron chi connectivity index (χ2n) is 5.98. The second kappa shape index (κ2) is 6.55. The lowest BCUT2D eigenvalue weighted by atomic mass is 9.73. The van der Waals surface area contributed by atoms with E-state index >= 15 is 0 Å². The minimum absolute atomic E-state index is 0.0163. The molecule has 2 aromatic carbocycles. The number of benzene rings is 2. The van der Waals surface area contributed by atoms with E-state index in [1.807, 2.05) is 0 Å². The Labute approximate surface area is 146 Å². The molecule has 4 nitrogen and oxygen atoms in total. The highest BCUT2D eigenvalue weighted by Gasteiger charge is 2.33. The molecule has 0 radical (unpaired) electrons. The van der Waals surface area contributed by atoms with Gasteiger partial charge in [-0.3, -0.25) is 0 Å². The molecule has 25 heavy (non-hydrogen) atoms. The van der Waals surface area contributed by atoms with Crippen LogP contribution in [-0.4, -0.2) is 22.2 Å². The van der Waals surface area contributed by atoms with Crippen molar-refractivity contribution in [1.82, 2.24) is 0 Å². The van der Waals surface area contributed by atoms with Crippen molar-refractivity contribution >= 4 is 11.9 Å². The number of carbonyl (C=O) groups is 2. The molecule has 0 atom stereocenters. The van der Waals surface area contributed by atoms with Crippen LogP contribution in [0.15, 0.2) is 36.4 Å². The third kappa shape index (κ3) is 2.98. The molecule has 0 unspecified atom stereocenters. The Balaban J connectivity index is 2.87. The van der Waals surface area contributed by atoms with Crippen molar-refractivity contribution in [1.29, 1.82) is 0 Å². The van der Waals surface area contributed by atoms with Gasteiger partial charge < -0.3 is 10.2 Å². The molecular weight excluding hydrogens is 316 g/mol. The van der Waals surface area contributed by atoms with Crippen LogP contribution in [0.2, 0.25) is 0 Å². The lowest BCUT2D eigenvalue weighted by Gasteiger charge is -2.30. The van der Waals surface area contributed by atoms with E-state index in [1.165, 1.54) is 0 Å². The third-order valence-corrected chi connectivity index (χ3v) is 4.21. The monoisotopic (exact) mass is 332 g/mol. The van der Waals surface area contributed by atoms with Gasteiger partial charge in [0, 0.05) is 16.5 Å². The van der Waals surface area contributed by atoms with Crippen LogP contribution < -0.4 is 0 Å². The lowest BCUT2D eigenvalue weighted by Crippen LogP contribution is -2.26. The van der Waals surface area contributed by atoms with E-state index < -0.39 is 17.4 Å². The van der Waals surface area contributed by atoms with E-state index in [4.69, 9.17) is 12.8 Å². The van der Waals surface area contributed by atoms with Crippen molar-refractivity contribution in [3.63, 3.8) is 0 Å². The van der Waals surface area contributed by atoms with E-state index in [1.54, 1.807) is 50.2 Å². The van der Waals surface area contributed by atoms with E-state index in [0.29, 0.717) is 11.1 Å². The Morgan fingerprint density at radius 3 is 1.48 bits per heavy atom. The van der Waals surface area contributed by atoms with Crippen LogP contribution >= 0.6 is 0 Å². The third-order valence-electron chi connectivity index (χ3n) is 4.21. The second-order valence-corrected chi connectivity index (χ2v) is 5.98. The van der Waals surface area contributed by atoms with Crippen LogP contribution in [0.1, 0.15) is 56.8 Å². The molecule has 2 N–H and O–H groups in total.